The smallest absolute Gasteiger partial charge is 0.183 e. The first-order valence-electron chi connectivity index (χ1n) is 15.7. The zero-order valence-corrected chi connectivity index (χ0v) is 26.7. The van der Waals surface area contributed by atoms with E-state index in [4.69, 9.17) is 4.42 Å². The highest BCUT2D eigenvalue weighted by Crippen LogP contribution is 2.44. The van der Waals surface area contributed by atoms with Gasteiger partial charge in [0.25, 0.3) is 0 Å². The van der Waals surface area contributed by atoms with E-state index in [1.807, 2.05) is 17.8 Å². The third-order valence-electron chi connectivity index (χ3n) is 9.72. The molecule has 1 aromatic heterocycles. The fraction of sp³-hybridized carbons (Fsp3) is 0. The van der Waals surface area contributed by atoms with Gasteiger partial charge in [0.1, 0.15) is 11.2 Å². The Morgan fingerprint density at radius 2 is 1.09 bits per heavy atom. The van der Waals surface area contributed by atoms with Gasteiger partial charge in [-0.2, -0.15) is 0 Å². The lowest BCUT2D eigenvalue weighted by molar-refractivity contribution is 0.669. The van der Waals surface area contributed by atoms with E-state index >= 15 is 0 Å². The number of nitrogens with zero attached hydrogens (tertiary/aromatic N) is 1. The maximum atomic E-state index is 6.38. The maximum Gasteiger partial charge on any atom is 0.183 e. The Hall–Kier alpha value is -5.29. The van der Waals surface area contributed by atoms with Crippen LogP contribution in [0.15, 0.2) is 178 Å². The standard InChI is InChI=1S/C42H27NOSSi/c1-2-13-28(14-3-1)43(33-18-12-20-35-42(33)32-17-4-7-19-34(32)44-35)29-25-26-37-41(27-29)46(40-24-11-8-21-36(40)45-37)38-22-9-5-15-30(38)31-16-6-10-23-39(31)46/h1-27H. The predicted octanol–water partition coefficient (Wildman–Crippen LogP) is 8.88. The van der Waals surface area contributed by atoms with Crippen LogP contribution < -0.4 is 25.6 Å². The molecule has 4 heteroatoms. The maximum absolute atomic E-state index is 6.38. The lowest BCUT2D eigenvalue weighted by atomic mass is 10.1. The Labute approximate surface area is 272 Å². The average molecular weight is 622 g/mol. The van der Waals surface area contributed by atoms with Crippen LogP contribution in [0.2, 0.25) is 0 Å². The SMILES string of the molecule is c1ccc(N(c2ccc3c(c2)[Si]2(c4ccccc4S3)c3ccccc3-c3ccccc32)c2cccc3oc4ccccc4c23)cc1. The summed E-state index contributed by atoms with van der Waals surface area (Å²) >= 11 is 1.91. The van der Waals surface area contributed by atoms with E-state index < -0.39 is 8.07 Å². The second-order valence-corrected chi connectivity index (χ2v) is 16.8. The second-order valence-electron chi connectivity index (χ2n) is 12.0. The molecule has 0 saturated carbocycles. The van der Waals surface area contributed by atoms with E-state index in [0.29, 0.717) is 0 Å². The summed E-state index contributed by atoms with van der Waals surface area (Å²) in [7, 11) is -2.63. The van der Waals surface area contributed by atoms with Crippen LogP contribution in [0.1, 0.15) is 0 Å². The minimum atomic E-state index is -2.63. The lowest BCUT2D eigenvalue weighted by Gasteiger charge is -2.38. The van der Waals surface area contributed by atoms with Crippen LogP contribution in [-0.4, -0.2) is 8.07 Å². The fourth-order valence-electron chi connectivity index (χ4n) is 7.93. The molecule has 216 valence electrons. The van der Waals surface area contributed by atoms with Gasteiger partial charge in [-0.3, -0.25) is 0 Å². The summed E-state index contributed by atoms with van der Waals surface area (Å²) in [6.45, 7) is 0. The van der Waals surface area contributed by atoms with E-state index in [-0.39, 0.29) is 0 Å². The first-order valence-corrected chi connectivity index (χ1v) is 18.5. The zero-order chi connectivity index (χ0) is 30.2. The Kier molecular flexibility index (Phi) is 5.56. The van der Waals surface area contributed by atoms with Gasteiger partial charge in [-0.1, -0.05) is 121 Å². The summed E-state index contributed by atoms with van der Waals surface area (Å²) in [4.78, 5) is 5.14. The Morgan fingerprint density at radius 1 is 0.457 bits per heavy atom. The van der Waals surface area contributed by atoms with Crippen LogP contribution >= 0.6 is 11.8 Å². The van der Waals surface area contributed by atoms with Gasteiger partial charge in [0.2, 0.25) is 0 Å². The molecule has 0 bridgehead atoms. The Morgan fingerprint density at radius 3 is 1.89 bits per heavy atom. The van der Waals surface area contributed by atoms with Crippen LogP contribution in [0.5, 0.6) is 0 Å². The highest BCUT2D eigenvalue weighted by atomic mass is 32.2. The third kappa shape index (κ3) is 3.48. The van der Waals surface area contributed by atoms with Crippen molar-refractivity contribution in [2.75, 3.05) is 4.90 Å². The van der Waals surface area contributed by atoms with Crippen molar-refractivity contribution in [1.82, 2.24) is 0 Å². The van der Waals surface area contributed by atoms with Gasteiger partial charge in [-0.05, 0) is 86.5 Å². The number of hydrogen-bond donors (Lipinski definition) is 0. The molecule has 0 N–H and O–H groups in total. The molecule has 2 aliphatic heterocycles. The van der Waals surface area contributed by atoms with Gasteiger partial charge < -0.3 is 9.32 Å². The summed E-state index contributed by atoms with van der Waals surface area (Å²) in [5.74, 6) is 0. The summed E-state index contributed by atoms with van der Waals surface area (Å²) < 4.78 is 6.38. The van der Waals surface area contributed by atoms with Crippen molar-refractivity contribution in [2.45, 2.75) is 9.79 Å². The van der Waals surface area contributed by atoms with Gasteiger partial charge in [0, 0.05) is 26.6 Å². The molecule has 0 amide bonds. The molecule has 7 aromatic carbocycles. The molecule has 46 heavy (non-hydrogen) atoms. The molecule has 2 aliphatic rings. The van der Waals surface area contributed by atoms with Crippen LogP contribution in [0, 0.1) is 0 Å². The van der Waals surface area contributed by atoms with Crippen LogP contribution in [0.25, 0.3) is 33.1 Å². The van der Waals surface area contributed by atoms with E-state index in [1.165, 1.54) is 41.7 Å². The largest absolute Gasteiger partial charge is 0.456 e. The number of benzene rings is 7. The number of rotatable bonds is 3. The minimum Gasteiger partial charge on any atom is -0.456 e. The zero-order valence-electron chi connectivity index (χ0n) is 24.9. The number of fused-ring (bicyclic) bond motifs is 12. The van der Waals surface area contributed by atoms with Crippen molar-refractivity contribution in [3.8, 4) is 11.1 Å². The van der Waals surface area contributed by atoms with Crippen molar-refractivity contribution in [2.24, 2.45) is 0 Å². The van der Waals surface area contributed by atoms with E-state index in [9.17, 15) is 0 Å². The third-order valence-corrected chi connectivity index (χ3v) is 16.2. The first kappa shape index (κ1) is 26.0. The molecule has 10 rings (SSSR count). The lowest BCUT2D eigenvalue weighted by Crippen LogP contribution is -2.74. The highest BCUT2D eigenvalue weighted by molar-refractivity contribution is 8.00. The molecule has 0 atom stereocenters. The second kappa shape index (κ2) is 9.85. The molecule has 0 unspecified atom stereocenters. The molecule has 2 nitrogen and oxygen atoms in total. The normalized spacial score (nSPS) is 13.7. The van der Waals surface area contributed by atoms with Gasteiger partial charge in [-0.15, -0.1) is 0 Å². The van der Waals surface area contributed by atoms with Crippen molar-refractivity contribution in [3.05, 3.63) is 164 Å². The topological polar surface area (TPSA) is 16.4 Å². The van der Waals surface area contributed by atoms with E-state index in [2.05, 4.69) is 163 Å². The average Bonchev–Trinajstić information content (AvgIpc) is 3.64. The molecule has 3 heterocycles. The number of hydrogen-bond acceptors (Lipinski definition) is 3. The van der Waals surface area contributed by atoms with Crippen molar-refractivity contribution in [1.29, 1.82) is 0 Å². The van der Waals surface area contributed by atoms with Crippen molar-refractivity contribution >= 4 is 79.6 Å². The summed E-state index contributed by atoms with van der Waals surface area (Å²) in [5.41, 5.74) is 7.92. The molecule has 1 spiro atoms. The quantitative estimate of drug-likeness (QED) is 0.183. The Bertz CT molecular complexity index is 2440. The summed E-state index contributed by atoms with van der Waals surface area (Å²) in [6, 6.07) is 60.2. The van der Waals surface area contributed by atoms with Crippen molar-refractivity contribution in [3.63, 3.8) is 0 Å². The molecular formula is C42H27NOSSi. The van der Waals surface area contributed by atoms with Crippen LogP contribution in [0.3, 0.4) is 0 Å². The monoisotopic (exact) mass is 621 g/mol. The molecule has 0 fully saturated rings. The predicted molar refractivity (Wildman–Crippen MR) is 195 cm³/mol. The van der Waals surface area contributed by atoms with Gasteiger partial charge in [-0.25, -0.2) is 0 Å². The highest BCUT2D eigenvalue weighted by Gasteiger charge is 2.52. The number of anilines is 3. The van der Waals surface area contributed by atoms with Crippen molar-refractivity contribution < 1.29 is 4.42 Å². The summed E-state index contributed by atoms with van der Waals surface area (Å²) in [5, 5.41) is 8.16. The molecule has 0 radical (unpaired) electrons. The van der Waals surface area contributed by atoms with Gasteiger partial charge >= 0.3 is 0 Å². The van der Waals surface area contributed by atoms with Gasteiger partial charge in [0.15, 0.2) is 8.07 Å². The van der Waals surface area contributed by atoms with Crippen LogP contribution in [-0.2, 0) is 0 Å². The minimum absolute atomic E-state index is 0.895. The van der Waals surface area contributed by atoms with E-state index in [1.54, 1.807) is 0 Å². The molecular weight excluding hydrogens is 595 g/mol. The molecule has 8 aromatic rings. The van der Waals surface area contributed by atoms with Crippen LogP contribution in [0.4, 0.5) is 17.1 Å². The van der Waals surface area contributed by atoms with Gasteiger partial charge in [0.05, 0.1) is 11.1 Å². The number of para-hydroxylation sites is 2. The number of furan rings is 1. The molecule has 0 saturated heterocycles. The first-order chi connectivity index (χ1) is 22.8. The Balaban J connectivity index is 1.30. The van der Waals surface area contributed by atoms with E-state index in [0.717, 1.165) is 39.0 Å². The summed E-state index contributed by atoms with van der Waals surface area (Å²) in [6.07, 6.45) is 0. The fourth-order valence-corrected chi connectivity index (χ4v) is 15.3. The molecule has 0 aliphatic carbocycles.